The van der Waals surface area contributed by atoms with E-state index in [4.69, 9.17) is 21.1 Å². The molecule has 2 aromatic carbocycles. The fourth-order valence-electron chi connectivity index (χ4n) is 3.61. The van der Waals surface area contributed by atoms with E-state index >= 15 is 0 Å². The largest absolute Gasteiger partial charge is 0.452 e. The van der Waals surface area contributed by atoms with Crippen LogP contribution in [0.1, 0.15) is 50.7 Å². The van der Waals surface area contributed by atoms with Gasteiger partial charge in [-0.3, -0.25) is 4.90 Å². The Balaban J connectivity index is 1.76. The number of hydrogen-bond acceptors (Lipinski definition) is 3. The van der Waals surface area contributed by atoms with Crippen LogP contribution in [0.15, 0.2) is 66.6 Å². The zero-order valence-corrected chi connectivity index (χ0v) is 18.3. The van der Waals surface area contributed by atoms with Crippen LogP contribution in [0.3, 0.4) is 0 Å². The van der Waals surface area contributed by atoms with Crippen molar-refractivity contribution in [3.63, 3.8) is 0 Å². The van der Waals surface area contributed by atoms with Gasteiger partial charge in [-0.1, -0.05) is 80.8 Å². The van der Waals surface area contributed by atoms with Gasteiger partial charge in [-0.2, -0.15) is 0 Å². The number of ether oxygens (including phenoxy) is 2. The first-order valence-electron chi connectivity index (χ1n) is 10.7. The maximum absolute atomic E-state index is 6.52. The summed E-state index contributed by atoms with van der Waals surface area (Å²) in [6.45, 7) is 7.44. The summed E-state index contributed by atoms with van der Waals surface area (Å²) in [6.07, 6.45) is 7.23. The first-order valence-corrected chi connectivity index (χ1v) is 11.1. The summed E-state index contributed by atoms with van der Waals surface area (Å²) in [5.74, 6) is 0.0704. The molecule has 0 aromatic heterocycles. The van der Waals surface area contributed by atoms with Gasteiger partial charge >= 0.3 is 0 Å². The molecule has 0 spiro atoms. The minimum Gasteiger partial charge on any atom is -0.452 e. The fraction of sp³-hybridized carbons (Fsp3) is 0.440. The van der Waals surface area contributed by atoms with Crippen molar-refractivity contribution < 1.29 is 9.47 Å². The summed E-state index contributed by atoms with van der Waals surface area (Å²) in [5, 5.41) is 0.733. The number of hydrogen-bond donors (Lipinski definition) is 0. The molecule has 0 N–H and O–H groups in total. The molecule has 29 heavy (non-hydrogen) atoms. The first-order chi connectivity index (χ1) is 14.1. The van der Waals surface area contributed by atoms with Crippen LogP contribution in [0, 0.1) is 0 Å². The molecule has 4 heteroatoms. The molecule has 0 saturated carbocycles. The highest BCUT2D eigenvalue weighted by Crippen LogP contribution is 2.39. The van der Waals surface area contributed by atoms with Crippen LogP contribution >= 0.6 is 11.6 Å². The van der Waals surface area contributed by atoms with Crippen molar-refractivity contribution in [1.82, 2.24) is 4.90 Å². The molecule has 1 unspecified atom stereocenters. The number of unbranched alkanes of at least 4 members (excludes halogenated alkanes) is 2. The van der Waals surface area contributed by atoms with Crippen LogP contribution in [0.2, 0.25) is 5.02 Å². The van der Waals surface area contributed by atoms with E-state index in [1.54, 1.807) is 0 Å². The van der Waals surface area contributed by atoms with E-state index in [0.29, 0.717) is 6.42 Å². The molecule has 0 radical (unpaired) electrons. The van der Waals surface area contributed by atoms with E-state index in [-0.39, 0.29) is 0 Å². The number of halogens is 1. The van der Waals surface area contributed by atoms with Crippen LogP contribution in [-0.4, -0.2) is 24.5 Å². The van der Waals surface area contributed by atoms with Gasteiger partial charge in [0.1, 0.15) is 12.0 Å². The van der Waals surface area contributed by atoms with Crippen molar-refractivity contribution in [1.29, 1.82) is 0 Å². The third-order valence-electron chi connectivity index (χ3n) is 5.28. The van der Waals surface area contributed by atoms with Crippen molar-refractivity contribution in [3.05, 3.63) is 82.8 Å². The monoisotopic (exact) mass is 413 g/mol. The normalized spacial score (nSPS) is 18.4. The van der Waals surface area contributed by atoms with Crippen LogP contribution < -0.4 is 0 Å². The molecular formula is C25H32ClNO2. The highest BCUT2D eigenvalue weighted by molar-refractivity contribution is 6.30. The second kappa shape index (κ2) is 10.7. The highest BCUT2D eigenvalue weighted by atomic mass is 35.5. The molecule has 0 amide bonds. The zero-order chi connectivity index (χ0) is 20.5. The van der Waals surface area contributed by atoms with Gasteiger partial charge in [0.25, 0.3) is 5.79 Å². The Morgan fingerprint density at radius 3 is 2.17 bits per heavy atom. The number of rotatable bonds is 11. The maximum atomic E-state index is 6.52. The van der Waals surface area contributed by atoms with Crippen LogP contribution in [-0.2, 0) is 21.7 Å². The van der Waals surface area contributed by atoms with E-state index in [9.17, 15) is 0 Å². The van der Waals surface area contributed by atoms with Crippen molar-refractivity contribution >= 4 is 11.6 Å². The predicted molar refractivity (Wildman–Crippen MR) is 120 cm³/mol. The van der Waals surface area contributed by atoms with Crippen LogP contribution in [0.5, 0.6) is 0 Å². The summed E-state index contributed by atoms with van der Waals surface area (Å²) in [4.78, 5) is 2.48. The first kappa shape index (κ1) is 21.7. The minimum absolute atomic E-state index is 0.623. The molecule has 0 aliphatic carbocycles. The van der Waals surface area contributed by atoms with Crippen molar-refractivity contribution in [2.45, 2.75) is 51.7 Å². The van der Waals surface area contributed by atoms with Gasteiger partial charge in [0.15, 0.2) is 0 Å². The summed E-state index contributed by atoms with van der Waals surface area (Å²) in [7, 11) is 0. The third-order valence-corrected chi connectivity index (χ3v) is 5.53. The SMILES string of the molecule is CCCCN(CCCC)CC1=COC(Cc2ccc(Cl)cc2)(c2ccccc2)O1. The van der Waals surface area contributed by atoms with Gasteiger partial charge in [-0.05, 0) is 43.6 Å². The molecule has 0 saturated heterocycles. The van der Waals surface area contributed by atoms with Crippen LogP contribution in [0.25, 0.3) is 0 Å². The lowest BCUT2D eigenvalue weighted by atomic mass is 9.97. The second-order valence-electron chi connectivity index (χ2n) is 7.71. The molecule has 1 heterocycles. The molecule has 156 valence electrons. The number of nitrogens with zero attached hydrogens (tertiary/aromatic N) is 1. The standard InChI is InChI=1S/C25H32ClNO2/c1-3-5-16-27(17-6-4-2)19-24-20-28-25(29-24,22-10-8-7-9-11-22)18-21-12-14-23(26)15-13-21/h7-15,20H,3-6,16-19H2,1-2H3. The van der Waals surface area contributed by atoms with Crippen molar-refractivity contribution in [3.8, 4) is 0 Å². The van der Waals surface area contributed by atoms with Crippen molar-refractivity contribution in [2.75, 3.05) is 19.6 Å². The predicted octanol–water partition coefficient (Wildman–Crippen LogP) is 6.53. The quantitative estimate of drug-likeness (QED) is 0.418. The van der Waals surface area contributed by atoms with Crippen molar-refractivity contribution in [2.24, 2.45) is 0 Å². The minimum atomic E-state index is -0.828. The highest BCUT2D eigenvalue weighted by Gasteiger charge is 2.41. The Bertz CT molecular complexity index is 767. The lowest BCUT2D eigenvalue weighted by Gasteiger charge is -2.30. The molecule has 2 aromatic rings. The zero-order valence-electron chi connectivity index (χ0n) is 17.6. The van der Waals surface area contributed by atoms with E-state index in [1.165, 1.54) is 25.7 Å². The van der Waals surface area contributed by atoms with Crippen LogP contribution in [0.4, 0.5) is 0 Å². The molecule has 1 aliphatic heterocycles. The Morgan fingerprint density at radius 1 is 0.897 bits per heavy atom. The molecule has 1 aliphatic rings. The van der Waals surface area contributed by atoms with E-state index in [2.05, 4.69) is 30.9 Å². The van der Waals surface area contributed by atoms with E-state index in [0.717, 1.165) is 41.5 Å². The molecule has 0 bridgehead atoms. The second-order valence-corrected chi connectivity index (χ2v) is 8.15. The molecule has 0 fully saturated rings. The fourth-order valence-corrected chi connectivity index (χ4v) is 3.74. The number of benzene rings is 2. The topological polar surface area (TPSA) is 21.7 Å². The van der Waals surface area contributed by atoms with E-state index in [1.807, 2.05) is 48.7 Å². The molecule has 1 atom stereocenters. The molecular weight excluding hydrogens is 382 g/mol. The molecule has 3 nitrogen and oxygen atoms in total. The Morgan fingerprint density at radius 2 is 1.55 bits per heavy atom. The lowest BCUT2D eigenvalue weighted by Crippen LogP contribution is -2.33. The van der Waals surface area contributed by atoms with E-state index < -0.39 is 5.79 Å². The Kier molecular flexibility index (Phi) is 8.02. The average Bonchev–Trinajstić information content (AvgIpc) is 3.16. The summed E-state index contributed by atoms with van der Waals surface area (Å²) in [6, 6.07) is 18.1. The molecule has 3 rings (SSSR count). The maximum Gasteiger partial charge on any atom is 0.281 e. The van der Waals surface area contributed by atoms with Gasteiger partial charge in [0, 0.05) is 10.6 Å². The summed E-state index contributed by atoms with van der Waals surface area (Å²) in [5.41, 5.74) is 2.15. The van der Waals surface area contributed by atoms with Gasteiger partial charge in [-0.25, -0.2) is 0 Å². The van der Waals surface area contributed by atoms with Gasteiger partial charge in [0.05, 0.1) is 13.0 Å². The summed E-state index contributed by atoms with van der Waals surface area (Å²) < 4.78 is 12.8. The Labute approximate surface area is 180 Å². The Hall–Kier alpha value is -1.97. The van der Waals surface area contributed by atoms with Gasteiger partial charge < -0.3 is 9.47 Å². The summed E-state index contributed by atoms with van der Waals surface area (Å²) >= 11 is 6.07. The third kappa shape index (κ3) is 6.01. The average molecular weight is 414 g/mol. The van der Waals surface area contributed by atoms with Gasteiger partial charge in [0.2, 0.25) is 0 Å². The smallest absolute Gasteiger partial charge is 0.281 e. The lowest BCUT2D eigenvalue weighted by molar-refractivity contribution is -0.157. The van der Waals surface area contributed by atoms with Gasteiger partial charge in [-0.15, -0.1) is 0 Å².